The van der Waals surface area contributed by atoms with Crippen molar-refractivity contribution in [1.82, 2.24) is 0 Å². The van der Waals surface area contributed by atoms with Gasteiger partial charge in [0, 0.05) is 24.0 Å². The van der Waals surface area contributed by atoms with Gasteiger partial charge in [-0.2, -0.15) is 0 Å². The largest absolute Gasteiger partial charge is 0.426 e. The minimum absolute atomic E-state index is 0.223. The molecule has 1 amide bonds. The molecule has 2 aromatic rings. The normalized spacial score (nSPS) is 10.6. The molecule has 0 aromatic heterocycles. The van der Waals surface area contributed by atoms with Gasteiger partial charge in [0.05, 0.1) is 5.56 Å². The third kappa shape index (κ3) is 5.21. The summed E-state index contributed by atoms with van der Waals surface area (Å²) in [6.07, 6.45) is 5.15. The van der Waals surface area contributed by atoms with E-state index in [1.54, 1.807) is 54.6 Å². The van der Waals surface area contributed by atoms with E-state index in [2.05, 4.69) is 23.8 Å². The standard InChI is InChI=1S/C21H20N2O3/c1-4-8-16(5-2)22-17-11-13-18(14-12-17)23-21(25)19-9-6-7-10-20(19)26-15(3)24/h4-14,22H,1-2H2,3H3,(H,23,25)/b16-8+. The number of ether oxygens (including phenoxy) is 1. The van der Waals surface area contributed by atoms with Crippen LogP contribution in [-0.2, 0) is 4.79 Å². The molecule has 0 aliphatic rings. The second-order valence-electron chi connectivity index (χ2n) is 5.31. The molecule has 2 aromatic carbocycles. The van der Waals surface area contributed by atoms with Gasteiger partial charge in [-0.3, -0.25) is 9.59 Å². The Kier molecular flexibility index (Phi) is 6.51. The maximum absolute atomic E-state index is 12.5. The van der Waals surface area contributed by atoms with Gasteiger partial charge in [0.15, 0.2) is 0 Å². The highest BCUT2D eigenvalue weighted by molar-refractivity contribution is 6.06. The third-order valence-corrected chi connectivity index (χ3v) is 3.33. The summed E-state index contributed by atoms with van der Waals surface area (Å²) in [4.78, 5) is 23.6. The van der Waals surface area contributed by atoms with Gasteiger partial charge in [-0.25, -0.2) is 0 Å². The van der Waals surface area contributed by atoms with Gasteiger partial charge in [0.2, 0.25) is 0 Å². The highest BCUT2D eigenvalue weighted by atomic mass is 16.5. The van der Waals surface area contributed by atoms with E-state index in [0.29, 0.717) is 5.69 Å². The number of hydrogen-bond donors (Lipinski definition) is 2. The van der Waals surface area contributed by atoms with Gasteiger partial charge in [0.1, 0.15) is 5.75 Å². The molecule has 0 heterocycles. The molecule has 2 N–H and O–H groups in total. The van der Waals surface area contributed by atoms with E-state index in [0.717, 1.165) is 11.4 Å². The van der Waals surface area contributed by atoms with Crippen LogP contribution in [0.4, 0.5) is 11.4 Å². The van der Waals surface area contributed by atoms with Crippen molar-refractivity contribution in [2.24, 2.45) is 0 Å². The van der Waals surface area contributed by atoms with Crippen LogP contribution in [0, 0.1) is 0 Å². The summed E-state index contributed by atoms with van der Waals surface area (Å²) in [5, 5.41) is 5.96. The maximum Gasteiger partial charge on any atom is 0.308 e. The lowest BCUT2D eigenvalue weighted by Gasteiger charge is -2.11. The summed E-state index contributed by atoms with van der Waals surface area (Å²) >= 11 is 0. The summed E-state index contributed by atoms with van der Waals surface area (Å²) in [6.45, 7) is 8.66. The van der Waals surface area contributed by atoms with Crippen LogP contribution < -0.4 is 15.4 Å². The average Bonchev–Trinajstić information content (AvgIpc) is 2.62. The molecule has 0 radical (unpaired) electrons. The lowest BCUT2D eigenvalue weighted by molar-refractivity contribution is -0.131. The average molecular weight is 348 g/mol. The molecule has 2 rings (SSSR count). The van der Waals surface area contributed by atoms with Gasteiger partial charge in [-0.15, -0.1) is 0 Å². The lowest BCUT2D eigenvalue weighted by Crippen LogP contribution is -2.14. The third-order valence-electron chi connectivity index (χ3n) is 3.33. The number of esters is 1. The van der Waals surface area contributed by atoms with E-state index in [1.807, 2.05) is 12.1 Å². The number of benzene rings is 2. The van der Waals surface area contributed by atoms with E-state index in [9.17, 15) is 9.59 Å². The van der Waals surface area contributed by atoms with Gasteiger partial charge < -0.3 is 15.4 Å². The second kappa shape index (κ2) is 9.03. The quantitative estimate of drug-likeness (QED) is 0.438. The van der Waals surface area contributed by atoms with E-state index < -0.39 is 5.97 Å². The fourth-order valence-corrected chi connectivity index (χ4v) is 2.19. The van der Waals surface area contributed by atoms with Crippen molar-refractivity contribution >= 4 is 23.3 Å². The number of carbonyl (C=O) groups is 2. The number of hydrogen-bond acceptors (Lipinski definition) is 4. The molecule has 5 nitrogen and oxygen atoms in total. The predicted molar refractivity (Wildman–Crippen MR) is 104 cm³/mol. The Morgan fingerprint density at radius 2 is 1.58 bits per heavy atom. The number of amides is 1. The zero-order chi connectivity index (χ0) is 18.9. The Bertz CT molecular complexity index is 852. The molecular weight excluding hydrogens is 328 g/mol. The Hall–Kier alpha value is -3.60. The molecule has 0 bridgehead atoms. The molecule has 0 atom stereocenters. The molecule has 0 aliphatic carbocycles. The number of para-hydroxylation sites is 1. The van der Waals surface area contributed by atoms with E-state index >= 15 is 0 Å². The Balaban J connectivity index is 2.11. The van der Waals surface area contributed by atoms with Crippen LogP contribution in [0.15, 0.2) is 85.6 Å². The van der Waals surface area contributed by atoms with Gasteiger partial charge in [-0.05, 0) is 48.6 Å². The van der Waals surface area contributed by atoms with Crippen molar-refractivity contribution in [2.75, 3.05) is 10.6 Å². The number of nitrogens with one attached hydrogen (secondary N) is 2. The Morgan fingerprint density at radius 3 is 2.15 bits per heavy atom. The van der Waals surface area contributed by atoms with E-state index in [4.69, 9.17) is 4.74 Å². The number of carbonyl (C=O) groups excluding carboxylic acids is 2. The molecule has 0 aliphatic heterocycles. The zero-order valence-electron chi connectivity index (χ0n) is 14.5. The summed E-state index contributed by atoms with van der Waals surface area (Å²) < 4.78 is 5.07. The van der Waals surface area contributed by atoms with Crippen molar-refractivity contribution in [2.45, 2.75) is 6.92 Å². The molecular formula is C21H20N2O3. The smallest absolute Gasteiger partial charge is 0.308 e. The summed E-state index contributed by atoms with van der Waals surface area (Å²) in [6, 6.07) is 13.8. The Morgan fingerprint density at radius 1 is 0.962 bits per heavy atom. The maximum atomic E-state index is 12.5. The monoisotopic (exact) mass is 348 g/mol. The van der Waals surface area contributed by atoms with Crippen molar-refractivity contribution < 1.29 is 14.3 Å². The summed E-state index contributed by atoms with van der Waals surface area (Å²) in [7, 11) is 0. The van der Waals surface area contributed by atoms with E-state index in [1.165, 1.54) is 6.92 Å². The number of rotatable bonds is 7. The first kappa shape index (κ1) is 18.7. The minimum Gasteiger partial charge on any atom is -0.426 e. The van der Waals surface area contributed by atoms with Crippen LogP contribution in [0.1, 0.15) is 17.3 Å². The van der Waals surface area contributed by atoms with Crippen LogP contribution in [0.3, 0.4) is 0 Å². The molecule has 132 valence electrons. The highest BCUT2D eigenvalue weighted by Crippen LogP contribution is 2.21. The number of allylic oxidation sites excluding steroid dienone is 3. The van der Waals surface area contributed by atoms with Gasteiger partial charge in [0.25, 0.3) is 5.91 Å². The van der Waals surface area contributed by atoms with Crippen LogP contribution in [0.25, 0.3) is 0 Å². The van der Waals surface area contributed by atoms with Crippen molar-refractivity contribution in [1.29, 1.82) is 0 Å². The number of anilines is 2. The molecule has 5 heteroatoms. The van der Waals surface area contributed by atoms with Crippen molar-refractivity contribution in [3.05, 3.63) is 91.2 Å². The summed E-state index contributed by atoms with van der Waals surface area (Å²) in [5.74, 6) is -0.617. The van der Waals surface area contributed by atoms with Crippen molar-refractivity contribution in [3.63, 3.8) is 0 Å². The first-order chi connectivity index (χ1) is 12.5. The van der Waals surface area contributed by atoms with Crippen LogP contribution >= 0.6 is 0 Å². The predicted octanol–water partition coefficient (Wildman–Crippen LogP) is 4.53. The Labute approximate surface area is 152 Å². The molecule has 0 saturated carbocycles. The second-order valence-corrected chi connectivity index (χ2v) is 5.31. The zero-order valence-corrected chi connectivity index (χ0v) is 14.5. The molecule has 26 heavy (non-hydrogen) atoms. The SMILES string of the molecule is C=C/C=C(\C=C)Nc1ccc(NC(=O)c2ccccc2OC(C)=O)cc1. The first-order valence-corrected chi connectivity index (χ1v) is 7.94. The fraction of sp³-hybridized carbons (Fsp3) is 0.0476. The molecule has 0 unspecified atom stereocenters. The van der Waals surface area contributed by atoms with Gasteiger partial charge in [-0.1, -0.05) is 31.4 Å². The molecule has 0 saturated heterocycles. The summed E-state index contributed by atoms with van der Waals surface area (Å²) in [5.41, 5.74) is 2.56. The molecule has 0 spiro atoms. The van der Waals surface area contributed by atoms with Crippen molar-refractivity contribution in [3.8, 4) is 5.75 Å². The van der Waals surface area contributed by atoms with Crippen LogP contribution in [0.2, 0.25) is 0 Å². The fourth-order valence-electron chi connectivity index (χ4n) is 2.19. The van der Waals surface area contributed by atoms with Crippen LogP contribution in [0.5, 0.6) is 5.75 Å². The van der Waals surface area contributed by atoms with Crippen LogP contribution in [-0.4, -0.2) is 11.9 Å². The topological polar surface area (TPSA) is 67.4 Å². The first-order valence-electron chi connectivity index (χ1n) is 7.94. The molecule has 0 fully saturated rings. The lowest BCUT2D eigenvalue weighted by atomic mass is 10.1. The van der Waals surface area contributed by atoms with Gasteiger partial charge >= 0.3 is 5.97 Å². The minimum atomic E-state index is -0.480. The van der Waals surface area contributed by atoms with E-state index in [-0.39, 0.29) is 17.2 Å². The highest BCUT2D eigenvalue weighted by Gasteiger charge is 2.13.